The number of carboxylic acid groups (broad SMARTS) is 3. The van der Waals surface area contributed by atoms with Gasteiger partial charge >= 0.3 is 23.9 Å². The number of aliphatic hydroxyl groups is 1. The van der Waals surface area contributed by atoms with Gasteiger partial charge in [0, 0.05) is 12.1 Å². The first kappa shape index (κ1) is 27.8. The summed E-state index contributed by atoms with van der Waals surface area (Å²) >= 11 is 0. The van der Waals surface area contributed by atoms with Crippen LogP contribution < -0.4 is 10.1 Å². The summed E-state index contributed by atoms with van der Waals surface area (Å²) < 4.78 is 10.2. The molecule has 0 fully saturated rings. The number of rotatable bonds is 10. The maximum Gasteiger partial charge on any atom is 0.414 e. The Morgan fingerprint density at radius 3 is 2.06 bits per heavy atom. The standard InChI is InChI=1S/C18H27NO6.C2H2O4/c1-5-14(16(21)22)18(2,3)19-10-12(20)11-25-15-9-7-6-8-13(15)17(23)24-4;3-1(4)2(5)6/h6-9,12,14,19-20H,5,10-11H2,1-4H3,(H,21,22);(H,3,4)(H,5,6). The van der Waals surface area contributed by atoms with Crippen molar-refractivity contribution < 1.29 is 49.1 Å². The Bertz CT molecular complexity index is 750. The first-order valence-electron chi connectivity index (χ1n) is 9.29. The summed E-state index contributed by atoms with van der Waals surface area (Å²) in [5, 5.41) is 37.2. The topological polar surface area (TPSA) is 180 Å². The first-order valence-corrected chi connectivity index (χ1v) is 9.29. The van der Waals surface area contributed by atoms with Gasteiger partial charge in [0.25, 0.3) is 0 Å². The zero-order chi connectivity index (χ0) is 24.2. The predicted octanol–water partition coefficient (Wildman–Crippen LogP) is 0.848. The first-order chi connectivity index (χ1) is 14.4. The molecule has 0 aliphatic carbocycles. The molecule has 5 N–H and O–H groups in total. The molecule has 174 valence electrons. The van der Waals surface area contributed by atoms with Crippen molar-refractivity contribution in [3.05, 3.63) is 29.8 Å². The molecule has 11 nitrogen and oxygen atoms in total. The van der Waals surface area contributed by atoms with Crippen LogP contribution in [0, 0.1) is 5.92 Å². The highest BCUT2D eigenvalue weighted by atomic mass is 16.5. The van der Waals surface area contributed by atoms with Gasteiger partial charge in [0.2, 0.25) is 0 Å². The van der Waals surface area contributed by atoms with E-state index in [1.54, 1.807) is 38.1 Å². The number of carbonyl (C=O) groups is 4. The number of esters is 1. The van der Waals surface area contributed by atoms with Gasteiger partial charge in [-0.3, -0.25) is 4.79 Å². The Kier molecular flexibility index (Phi) is 11.8. The number of nitrogens with one attached hydrogen (secondary N) is 1. The van der Waals surface area contributed by atoms with Crippen LogP contribution in [0.15, 0.2) is 24.3 Å². The number of para-hydroxylation sites is 1. The molecule has 11 heteroatoms. The molecule has 2 atom stereocenters. The number of hydrogen-bond donors (Lipinski definition) is 5. The number of benzene rings is 1. The normalized spacial score (nSPS) is 12.5. The molecule has 0 amide bonds. The molecule has 0 aliphatic rings. The average molecular weight is 443 g/mol. The Balaban J connectivity index is 0.00000131. The Labute approximate surface area is 179 Å². The largest absolute Gasteiger partial charge is 0.490 e. The minimum Gasteiger partial charge on any atom is -0.490 e. The van der Waals surface area contributed by atoms with Crippen molar-refractivity contribution in [1.29, 1.82) is 0 Å². The van der Waals surface area contributed by atoms with E-state index in [4.69, 9.17) is 24.5 Å². The highest BCUT2D eigenvalue weighted by Gasteiger charge is 2.33. The fourth-order valence-electron chi connectivity index (χ4n) is 2.61. The predicted molar refractivity (Wildman–Crippen MR) is 108 cm³/mol. The Hall–Kier alpha value is -3.18. The molecule has 1 rings (SSSR count). The number of hydrogen-bond acceptors (Lipinski definition) is 8. The zero-order valence-electron chi connectivity index (χ0n) is 17.8. The lowest BCUT2D eigenvalue weighted by atomic mass is 9.85. The minimum absolute atomic E-state index is 0.0407. The van der Waals surface area contributed by atoms with Gasteiger partial charge in [-0.2, -0.15) is 0 Å². The van der Waals surface area contributed by atoms with Gasteiger partial charge in [0.1, 0.15) is 24.0 Å². The van der Waals surface area contributed by atoms with Crippen molar-refractivity contribution in [3.63, 3.8) is 0 Å². The highest BCUT2D eigenvalue weighted by Crippen LogP contribution is 2.21. The molecule has 0 radical (unpaired) electrons. The van der Waals surface area contributed by atoms with E-state index in [0.717, 1.165) is 0 Å². The van der Waals surface area contributed by atoms with Crippen molar-refractivity contribution in [1.82, 2.24) is 5.32 Å². The lowest BCUT2D eigenvalue weighted by Crippen LogP contribution is -2.51. The van der Waals surface area contributed by atoms with Gasteiger partial charge in [-0.05, 0) is 32.4 Å². The average Bonchev–Trinajstić information content (AvgIpc) is 2.70. The van der Waals surface area contributed by atoms with Crippen LogP contribution in [-0.4, -0.2) is 76.2 Å². The fourth-order valence-corrected chi connectivity index (χ4v) is 2.61. The number of carboxylic acids is 3. The quantitative estimate of drug-likeness (QED) is 0.255. The van der Waals surface area contributed by atoms with Gasteiger partial charge < -0.3 is 35.2 Å². The van der Waals surface area contributed by atoms with Crippen molar-refractivity contribution in [3.8, 4) is 5.75 Å². The van der Waals surface area contributed by atoms with Gasteiger partial charge in [0.15, 0.2) is 0 Å². The summed E-state index contributed by atoms with van der Waals surface area (Å²) in [6, 6.07) is 6.60. The molecule has 0 aromatic heterocycles. The van der Waals surface area contributed by atoms with E-state index in [-0.39, 0.29) is 18.7 Å². The number of carbonyl (C=O) groups excluding carboxylic acids is 1. The summed E-state index contributed by atoms with van der Waals surface area (Å²) in [5.74, 6) is -5.29. The molecule has 31 heavy (non-hydrogen) atoms. The van der Waals surface area contributed by atoms with E-state index in [0.29, 0.717) is 12.2 Å². The van der Waals surface area contributed by atoms with E-state index in [2.05, 4.69) is 10.1 Å². The molecule has 2 unspecified atom stereocenters. The molecule has 0 saturated heterocycles. The third-order valence-corrected chi connectivity index (χ3v) is 4.28. The molecular weight excluding hydrogens is 414 g/mol. The summed E-state index contributed by atoms with van der Waals surface area (Å²) in [6.45, 7) is 5.51. The van der Waals surface area contributed by atoms with E-state index < -0.39 is 41.4 Å². The van der Waals surface area contributed by atoms with Crippen molar-refractivity contribution in [2.45, 2.75) is 38.8 Å². The Morgan fingerprint density at radius 2 is 1.61 bits per heavy atom. The SMILES string of the molecule is CCC(C(=O)O)C(C)(C)NCC(O)COc1ccccc1C(=O)OC.O=C(O)C(=O)O. The second kappa shape index (κ2) is 13.2. The number of ether oxygens (including phenoxy) is 2. The van der Waals surface area contributed by atoms with Crippen molar-refractivity contribution in [2.75, 3.05) is 20.3 Å². The van der Waals surface area contributed by atoms with Gasteiger partial charge in [0.05, 0.1) is 13.0 Å². The van der Waals surface area contributed by atoms with Gasteiger partial charge in [-0.15, -0.1) is 0 Å². The molecule has 0 heterocycles. The summed E-state index contributed by atoms with van der Waals surface area (Å²) in [6.07, 6.45) is -0.384. The smallest absolute Gasteiger partial charge is 0.414 e. The summed E-state index contributed by atoms with van der Waals surface area (Å²) in [5.41, 5.74) is -0.395. The third kappa shape index (κ3) is 9.92. The van der Waals surface area contributed by atoms with Crippen molar-refractivity contribution in [2.24, 2.45) is 5.92 Å². The maximum absolute atomic E-state index is 11.7. The van der Waals surface area contributed by atoms with Crippen LogP contribution in [0.2, 0.25) is 0 Å². The molecule has 1 aromatic carbocycles. The van der Waals surface area contributed by atoms with Crippen LogP contribution in [0.1, 0.15) is 37.6 Å². The van der Waals surface area contributed by atoms with Gasteiger partial charge in [-0.25, -0.2) is 14.4 Å². The molecule has 0 spiro atoms. The van der Waals surface area contributed by atoms with E-state index in [1.165, 1.54) is 7.11 Å². The minimum atomic E-state index is -1.82. The van der Waals surface area contributed by atoms with Crippen LogP contribution in [0.25, 0.3) is 0 Å². The van der Waals surface area contributed by atoms with Crippen LogP contribution in [0.4, 0.5) is 0 Å². The molecule has 0 bridgehead atoms. The molecule has 0 saturated carbocycles. The van der Waals surface area contributed by atoms with E-state index >= 15 is 0 Å². The zero-order valence-corrected chi connectivity index (χ0v) is 17.8. The summed E-state index contributed by atoms with van der Waals surface area (Å²) in [7, 11) is 1.28. The number of methoxy groups -OCH3 is 1. The van der Waals surface area contributed by atoms with E-state index in [1.807, 2.05) is 6.92 Å². The van der Waals surface area contributed by atoms with Crippen molar-refractivity contribution >= 4 is 23.9 Å². The number of aliphatic carboxylic acids is 3. The fraction of sp³-hybridized carbons (Fsp3) is 0.500. The second-order valence-corrected chi connectivity index (χ2v) is 6.96. The lowest BCUT2D eigenvalue weighted by molar-refractivity contribution is -0.159. The molecule has 0 aliphatic heterocycles. The summed E-state index contributed by atoms with van der Waals surface area (Å²) in [4.78, 5) is 41.2. The van der Waals surface area contributed by atoms with Crippen LogP contribution in [0.3, 0.4) is 0 Å². The Morgan fingerprint density at radius 1 is 1.06 bits per heavy atom. The van der Waals surface area contributed by atoms with Crippen LogP contribution in [0.5, 0.6) is 5.75 Å². The third-order valence-electron chi connectivity index (χ3n) is 4.28. The highest BCUT2D eigenvalue weighted by molar-refractivity contribution is 6.27. The number of β-amino-alcohol motifs (C(OH)–C–C–N with tert-alkyl or cyclic N) is 1. The van der Waals surface area contributed by atoms with Crippen LogP contribution >= 0.6 is 0 Å². The lowest BCUT2D eigenvalue weighted by Gasteiger charge is -2.33. The van der Waals surface area contributed by atoms with Crippen LogP contribution in [-0.2, 0) is 19.1 Å². The monoisotopic (exact) mass is 443 g/mol. The maximum atomic E-state index is 11.7. The number of aliphatic hydroxyl groups excluding tert-OH is 1. The van der Waals surface area contributed by atoms with E-state index in [9.17, 15) is 19.8 Å². The molecular formula is C20H29NO10. The molecule has 1 aromatic rings. The second-order valence-electron chi connectivity index (χ2n) is 6.96. The van der Waals surface area contributed by atoms with Gasteiger partial charge in [-0.1, -0.05) is 19.1 Å².